The Labute approximate surface area is 486 Å². The van der Waals surface area contributed by atoms with E-state index in [1.54, 1.807) is 88.1 Å². The number of esters is 2. The maximum Gasteiger partial charge on any atom is 0.750 e. The first-order valence-electron chi connectivity index (χ1n) is 26.9. The van der Waals surface area contributed by atoms with Crippen LogP contribution in [0.5, 0.6) is 11.5 Å². The molecule has 2 aromatic carbocycles. The highest BCUT2D eigenvalue weighted by molar-refractivity contribution is 7.84. The second-order valence-electron chi connectivity index (χ2n) is 17.7. The van der Waals surface area contributed by atoms with Gasteiger partial charge in [0, 0.05) is 53.1 Å². The molecule has 2 aliphatic heterocycles. The van der Waals surface area contributed by atoms with Crippen LogP contribution in [-0.4, -0.2) is 137 Å². The number of halogens is 3. The largest absolute Gasteiger partial charge is 0.750 e. The van der Waals surface area contributed by atoms with Crippen molar-refractivity contribution >= 4 is 52.5 Å². The fraction of sp³-hybridized carbons (Fsp3) is 0.511. The fourth-order valence-electron chi connectivity index (χ4n) is 6.02. The molecule has 6 rings (SSSR count). The number of aliphatic hydroxyl groups excluding tert-OH is 2. The van der Waals surface area contributed by atoms with Gasteiger partial charge in [-0.05, 0) is 86.4 Å². The van der Waals surface area contributed by atoms with Gasteiger partial charge in [-0.1, -0.05) is 36.4 Å². The molecule has 83 heavy (non-hydrogen) atoms. The molecule has 0 bridgehead atoms. The number of carboxylic acid groups (broad SMARTS) is 1. The maximum absolute atomic E-state index is 15.6. The number of rotatable bonds is 20. The zero-order chi connectivity index (χ0) is 68.2. The van der Waals surface area contributed by atoms with E-state index in [1.807, 2.05) is 4.98 Å². The Morgan fingerprint density at radius 2 is 1.13 bits per heavy atom. The average molecular weight is 1270 g/mol. The average Bonchev–Trinajstić information content (AvgIpc) is 1.82. The molecule has 30 nitrogen and oxygen atoms in total. The van der Waals surface area contributed by atoms with Crippen LogP contribution < -0.4 is 48.1 Å². The number of nitrogens with two attached hydrogens (primary N) is 2. The second kappa shape index (κ2) is 34.0. The van der Waals surface area contributed by atoms with Crippen LogP contribution in [0.1, 0.15) is 82.9 Å². The number of aromatic nitrogens is 4. The summed E-state index contributed by atoms with van der Waals surface area (Å²) in [5.74, 6) is -1.25. The van der Waals surface area contributed by atoms with E-state index in [2.05, 4.69) is 14.3 Å². The summed E-state index contributed by atoms with van der Waals surface area (Å²) in [6, 6.07) is 16.1. The van der Waals surface area contributed by atoms with Gasteiger partial charge in [-0.15, -0.1) is 9.05 Å². The summed E-state index contributed by atoms with van der Waals surface area (Å²) in [6.07, 6.45) is -10.8. The molecule has 36 heteroatoms. The molecule has 0 radical (unpaired) electrons. The summed E-state index contributed by atoms with van der Waals surface area (Å²) < 4.78 is 154. The number of nitrogens with zero attached hydrogens (tertiary/aromatic N) is 2. The van der Waals surface area contributed by atoms with Crippen LogP contribution in [0.25, 0.3) is 0 Å². The van der Waals surface area contributed by atoms with Crippen LogP contribution in [0.4, 0.5) is 8.78 Å². The van der Waals surface area contributed by atoms with Crippen molar-refractivity contribution in [1.29, 1.82) is 0 Å². The Morgan fingerprint density at radius 3 is 1.48 bits per heavy atom. The molecule has 4 aromatic rings. The van der Waals surface area contributed by atoms with Gasteiger partial charge < -0.3 is 50.3 Å². The lowest BCUT2D eigenvalue weighted by atomic mass is 10.0. The number of carboxylic acids is 1. The predicted molar refractivity (Wildman–Crippen MR) is 290 cm³/mol. The number of carbonyl (C=O) groups excluding carboxylic acids is 2. The van der Waals surface area contributed by atoms with Crippen molar-refractivity contribution in [1.82, 2.24) is 24.2 Å². The summed E-state index contributed by atoms with van der Waals surface area (Å²) in [5.41, 5.74) is -0.723. The van der Waals surface area contributed by atoms with Crippen LogP contribution in [0.15, 0.2) is 104 Å². The van der Waals surface area contributed by atoms with Crippen molar-refractivity contribution < 1.29 is 107 Å². The van der Waals surface area contributed by atoms with Gasteiger partial charge in [0.2, 0.25) is 0 Å². The van der Waals surface area contributed by atoms with Gasteiger partial charge in [-0.3, -0.25) is 43.1 Å². The lowest BCUT2D eigenvalue weighted by Crippen LogP contribution is -2.43. The van der Waals surface area contributed by atoms with E-state index in [1.165, 1.54) is 26.0 Å². The number of alkyl halides is 2. The quantitative estimate of drug-likeness (QED) is 0.0198. The molecule has 2 aromatic heterocycles. The van der Waals surface area contributed by atoms with Crippen molar-refractivity contribution in [2.45, 2.75) is 141 Å². The summed E-state index contributed by atoms with van der Waals surface area (Å²) in [4.78, 5) is 81.6. The van der Waals surface area contributed by atoms with Gasteiger partial charge in [0.25, 0.3) is 11.1 Å². The molecule has 2 aliphatic rings. The number of aliphatic hydroxyl groups is 2. The number of aromatic amines is 2. The number of aliphatic carboxylic acids is 1. The first-order valence-corrected chi connectivity index (χ1v) is 28.7. The number of H-pyrrole nitrogens is 2. The van der Waals surface area contributed by atoms with Gasteiger partial charge in [0.05, 0.1) is 16.9 Å². The molecular formula is C47H67ClF2N7O23P3+2. The van der Waals surface area contributed by atoms with Gasteiger partial charge in [0.15, 0.2) is 29.5 Å². The molecule has 2 saturated heterocycles. The number of nitrogens with one attached hydrogen (secondary N) is 3. The molecule has 3 unspecified atom stereocenters. The summed E-state index contributed by atoms with van der Waals surface area (Å²) in [6.45, 7) is -0.432. The van der Waals surface area contributed by atoms with Gasteiger partial charge in [-0.25, -0.2) is 37.8 Å². The lowest BCUT2D eigenvalue weighted by Gasteiger charge is -2.24. The Morgan fingerprint density at radius 1 is 0.735 bits per heavy atom. The highest BCUT2D eigenvalue weighted by Crippen LogP contribution is 2.49. The van der Waals surface area contributed by atoms with E-state index in [0.29, 0.717) is 14.9 Å². The number of carbonyl (C=O) groups is 3. The van der Waals surface area contributed by atoms with E-state index in [9.17, 15) is 57.5 Å². The van der Waals surface area contributed by atoms with E-state index in [-0.39, 0.29) is 23.9 Å². The SMILES string of the molecule is CC(C)OC(=O)[C@H](C)N.CC(C)OC(=O)[C@H](C)NP(=O)(Cl)Oc1ccccc1.C[C@H](N)C(=O)O.[2H][13C]([2H])([2H])[C@@]1(F)[C@H](O)[C@@H](CO[P+](=O)OO)O[C@H]1n1ccc(=O)[nH]c1=O.[2H][13C]([2H])([2H])[C@@]1(F)[C@H](O)[C@@H](CO[P+](=O)Oc2ccccc2)O[C@H]1n1ccc(=O)[nH]c1=O. The van der Waals surface area contributed by atoms with Crippen molar-refractivity contribution in [2.24, 2.45) is 11.5 Å². The van der Waals surface area contributed by atoms with Crippen molar-refractivity contribution in [3.63, 3.8) is 0 Å². The third-order valence-corrected chi connectivity index (χ3v) is 12.8. The second-order valence-corrected chi connectivity index (χ2v) is 22.2. The first-order chi connectivity index (χ1) is 41.0. The van der Waals surface area contributed by atoms with Crippen molar-refractivity contribution in [3.05, 3.63) is 127 Å². The number of hydrogen-bond donors (Lipinski definition) is 9. The van der Waals surface area contributed by atoms with Gasteiger partial charge in [-0.2, -0.15) is 0 Å². The van der Waals surface area contributed by atoms with Crippen LogP contribution in [-0.2, 0) is 60.7 Å². The summed E-state index contributed by atoms with van der Waals surface area (Å²) in [7, 11) is -5.77. The number of hydrogen-bond acceptors (Lipinski definition) is 24. The van der Waals surface area contributed by atoms with Crippen molar-refractivity contribution in [2.75, 3.05) is 13.2 Å². The van der Waals surface area contributed by atoms with E-state index in [0.717, 1.165) is 24.5 Å². The molecule has 0 amide bonds. The predicted octanol–water partition coefficient (Wildman–Crippen LogP) is 4.01. The van der Waals surface area contributed by atoms with Gasteiger partial charge >= 0.3 is 52.7 Å². The van der Waals surface area contributed by atoms with Crippen LogP contribution in [0.3, 0.4) is 0 Å². The lowest BCUT2D eigenvalue weighted by molar-refractivity contribution is -0.149. The molecule has 11 N–H and O–H groups in total. The van der Waals surface area contributed by atoms with Crippen LogP contribution in [0.2, 0.25) is 0 Å². The highest BCUT2D eigenvalue weighted by atomic mass is 35.7. The third kappa shape index (κ3) is 24.6. The van der Waals surface area contributed by atoms with Crippen LogP contribution >= 0.6 is 34.6 Å². The monoisotopic (exact) mass is 1270 g/mol. The molecule has 4 heterocycles. The summed E-state index contributed by atoms with van der Waals surface area (Å²) >= 11 is 5.76. The van der Waals surface area contributed by atoms with Gasteiger partial charge in [0.1, 0.15) is 61.5 Å². The Kier molecular flexibility index (Phi) is 25.8. The number of benzene rings is 2. The maximum atomic E-state index is 15.6. The minimum Gasteiger partial charge on any atom is -0.480 e. The minimum atomic E-state index is -3.65. The van der Waals surface area contributed by atoms with Crippen LogP contribution in [0, 0.1) is 0 Å². The standard InChI is InChI=1S/C16H16FN2O7P.C12H17ClNO4P.C10H12FN2O8P.C6H13NO2.C3H7NO2/c1-16(17)13(21)11(9-24-27(23)26-10-5-3-2-4-6-10)25-14(16)19-8-7-12(20)18-15(19)22;1-9(2)17-12(15)10(3)14-19(13,16)18-11-7-5-4-6-8-11;1-10(11)7(15)5(4-19-22(18)21-17)20-8(10)13-3-2-6(14)12-9(13)16;1-4(2)9-6(8)5(3)7;1-2(4)3(5)6/h2-8,11,13-14,21H,9H2,1H3;4-10H,1-3H3,(H,14,16);2-3,5,7-8,15H,4H2,1H3,(H-,12,14,16,17);4-5H,7H2,1-3H3;2H,4H2,1H3,(H,5,6)/p+2/t11-,13-,14-,16-;10-,19?;5-,7-,8-,10-;5-;2-/m10100/s1/i1+1D3;;1+1D3;;. The third-order valence-electron chi connectivity index (χ3n) is 9.91. The minimum absolute atomic E-state index is 0.0662. The topological polar surface area (TPSA) is 440 Å². The number of ether oxygens (including phenoxy) is 4. The Balaban J connectivity index is 0.000000414. The van der Waals surface area contributed by atoms with E-state index in [4.69, 9.17) is 73.8 Å². The molecule has 462 valence electrons. The Hall–Kier alpha value is -6.05. The fourth-order valence-corrected chi connectivity index (χ4v) is 8.64. The molecular weight excluding hydrogens is 1200 g/mol. The van der Waals surface area contributed by atoms with E-state index < -0.39 is 151 Å². The normalized spacial score (nSPS) is 25.1. The highest BCUT2D eigenvalue weighted by Gasteiger charge is 2.57. The van der Waals surface area contributed by atoms with Crippen molar-refractivity contribution in [3.8, 4) is 11.5 Å². The molecule has 0 aliphatic carbocycles. The summed E-state index contributed by atoms with van der Waals surface area (Å²) in [5, 5.41) is 38.9. The first kappa shape index (κ1) is 63.0. The molecule has 2 fully saturated rings. The van der Waals surface area contributed by atoms with E-state index >= 15 is 8.78 Å². The zero-order valence-electron chi connectivity index (χ0n) is 50.9. The zero-order valence-corrected chi connectivity index (χ0v) is 48.4. The molecule has 14 atom stereocenters. The smallest absolute Gasteiger partial charge is 0.480 e. The molecule has 0 saturated carbocycles. The Bertz CT molecular complexity index is 3270. The molecule has 0 spiro atoms. The number of para-hydroxylation sites is 2.